The number of hydrogen-bond acceptors (Lipinski definition) is 0. The van der Waals surface area contributed by atoms with Gasteiger partial charge in [-0.15, -0.1) is 0 Å². The smallest absolute Gasteiger partial charge is 0.171 e. The van der Waals surface area contributed by atoms with Crippen molar-refractivity contribution in [1.29, 1.82) is 0 Å². The summed E-state index contributed by atoms with van der Waals surface area (Å²) >= 11 is 0. The van der Waals surface area contributed by atoms with Crippen molar-refractivity contribution in [3.8, 4) is 0 Å². The van der Waals surface area contributed by atoms with Crippen molar-refractivity contribution in [2.45, 2.75) is 37.9 Å². The third-order valence-electron chi connectivity index (χ3n) is 2.32. The maximum Gasteiger partial charge on any atom is 0.391 e. The Morgan fingerprint density at radius 3 is 1.64 bits per heavy atom. The van der Waals surface area contributed by atoms with E-state index in [1.54, 1.807) is 0 Å². The van der Waals surface area contributed by atoms with Crippen molar-refractivity contribution in [2.24, 2.45) is 5.92 Å². The molecule has 14 heavy (non-hydrogen) atoms. The van der Waals surface area contributed by atoms with Gasteiger partial charge in [0, 0.05) is 6.42 Å². The van der Waals surface area contributed by atoms with Gasteiger partial charge < -0.3 is 0 Å². The molecule has 0 amide bonds. The summed E-state index contributed by atoms with van der Waals surface area (Å²) in [5.41, 5.74) is 0. The quantitative estimate of drug-likeness (QED) is 0.495. The van der Waals surface area contributed by atoms with Gasteiger partial charge in [-0.25, -0.2) is 0 Å². The highest BCUT2D eigenvalue weighted by Gasteiger charge is 2.49. The first-order chi connectivity index (χ1) is 5.86. The zero-order valence-electron chi connectivity index (χ0n) is 8.05. The summed E-state index contributed by atoms with van der Waals surface area (Å²) < 4.78 is 72.3. The largest absolute Gasteiger partial charge is 0.391 e. The molecule has 0 nitrogen and oxygen atoms in total. The lowest BCUT2D eigenvalue weighted by molar-refractivity contribution is -0.196. The van der Waals surface area contributed by atoms with Gasteiger partial charge in [0.1, 0.15) is 7.85 Å². The van der Waals surface area contributed by atoms with E-state index in [0.29, 0.717) is 0 Å². The van der Waals surface area contributed by atoms with Crippen molar-refractivity contribution in [1.82, 2.24) is 0 Å². The van der Waals surface area contributed by atoms with Crippen molar-refractivity contribution in [3.05, 3.63) is 0 Å². The lowest BCUT2D eigenvalue weighted by atomic mass is 9.60. The van der Waals surface area contributed by atoms with Gasteiger partial charge >= 0.3 is 12.4 Å². The van der Waals surface area contributed by atoms with Gasteiger partial charge in [-0.1, -0.05) is 13.8 Å². The van der Waals surface area contributed by atoms with Crippen molar-refractivity contribution < 1.29 is 26.3 Å². The fraction of sp³-hybridized carbons (Fsp3) is 1.00. The van der Waals surface area contributed by atoms with Gasteiger partial charge in [0.25, 0.3) is 0 Å². The highest BCUT2D eigenvalue weighted by atomic mass is 19.4. The minimum atomic E-state index is -4.59. The Balaban J connectivity index is 4.63. The molecule has 0 rings (SSSR count). The van der Waals surface area contributed by atoms with Gasteiger partial charge in [0.05, 0.1) is 5.92 Å². The van der Waals surface area contributed by atoms with E-state index in [-0.39, 0.29) is 0 Å². The van der Waals surface area contributed by atoms with E-state index in [1.807, 2.05) is 0 Å². The molecular formula is C7H11BF6. The number of alkyl halides is 6. The molecule has 0 saturated carbocycles. The monoisotopic (exact) mass is 220 g/mol. The Kier molecular flexibility index (Phi) is 3.57. The predicted molar refractivity (Wildman–Crippen MR) is 42.8 cm³/mol. The summed E-state index contributed by atoms with van der Waals surface area (Å²) in [4.78, 5) is 0. The van der Waals surface area contributed by atoms with E-state index in [4.69, 9.17) is 0 Å². The molecule has 0 aliphatic rings. The molecule has 0 aliphatic carbocycles. The van der Waals surface area contributed by atoms with Crippen LogP contribution in [0.4, 0.5) is 26.3 Å². The fourth-order valence-electron chi connectivity index (χ4n) is 1.11. The third kappa shape index (κ3) is 4.24. The average molecular weight is 220 g/mol. The van der Waals surface area contributed by atoms with Gasteiger partial charge in [0.15, 0.2) is 0 Å². The number of hydrogen-bond donors (Lipinski definition) is 0. The van der Waals surface area contributed by atoms with E-state index in [9.17, 15) is 26.3 Å². The SMILES string of the molecule is BC(C)(CC(F)(F)F)C(C)C(F)(F)F. The summed E-state index contributed by atoms with van der Waals surface area (Å²) in [6.07, 6.45) is -10.6. The molecule has 0 aliphatic heterocycles. The highest BCUT2D eigenvalue weighted by molar-refractivity contribution is 6.15. The normalized spacial score (nSPS) is 20.3. The summed E-state index contributed by atoms with van der Waals surface area (Å²) in [6.45, 7) is 1.74. The third-order valence-corrected chi connectivity index (χ3v) is 2.32. The predicted octanol–water partition coefficient (Wildman–Crippen LogP) is 2.95. The van der Waals surface area contributed by atoms with Crippen LogP contribution in [0.1, 0.15) is 20.3 Å². The van der Waals surface area contributed by atoms with E-state index in [1.165, 1.54) is 0 Å². The molecule has 84 valence electrons. The highest BCUT2D eigenvalue weighted by Crippen LogP contribution is 2.48. The molecule has 0 saturated heterocycles. The van der Waals surface area contributed by atoms with Gasteiger partial charge in [-0.3, -0.25) is 0 Å². The van der Waals surface area contributed by atoms with Gasteiger partial charge in [-0.05, 0) is 5.31 Å². The second-order valence-electron chi connectivity index (χ2n) is 4.04. The Morgan fingerprint density at radius 2 is 1.43 bits per heavy atom. The Labute approximate surface area is 79.1 Å². The van der Waals surface area contributed by atoms with Crippen molar-refractivity contribution in [3.63, 3.8) is 0 Å². The van der Waals surface area contributed by atoms with E-state index >= 15 is 0 Å². The zero-order valence-corrected chi connectivity index (χ0v) is 8.05. The first-order valence-electron chi connectivity index (χ1n) is 4.00. The first kappa shape index (κ1) is 13.6. The minimum absolute atomic E-state index is 0.770. The van der Waals surface area contributed by atoms with Crippen LogP contribution in [0.15, 0.2) is 0 Å². The van der Waals surface area contributed by atoms with E-state index < -0.39 is 30.0 Å². The van der Waals surface area contributed by atoms with Crippen LogP contribution in [-0.2, 0) is 0 Å². The fourth-order valence-corrected chi connectivity index (χ4v) is 1.11. The van der Waals surface area contributed by atoms with Crippen molar-refractivity contribution in [2.75, 3.05) is 0 Å². The zero-order chi connectivity index (χ0) is 11.8. The molecule has 0 spiro atoms. The van der Waals surface area contributed by atoms with Crippen LogP contribution in [0.2, 0.25) is 5.31 Å². The van der Waals surface area contributed by atoms with E-state index in [2.05, 4.69) is 0 Å². The molecule has 0 heterocycles. The number of rotatable bonds is 2. The summed E-state index contributed by atoms with van der Waals surface area (Å²) in [5, 5.41) is -1.82. The molecule has 0 fully saturated rings. The summed E-state index contributed by atoms with van der Waals surface area (Å²) in [7, 11) is 0.971. The summed E-state index contributed by atoms with van der Waals surface area (Å²) in [6, 6.07) is 0. The average Bonchev–Trinajstić information content (AvgIpc) is 1.78. The van der Waals surface area contributed by atoms with Crippen LogP contribution in [0.5, 0.6) is 0 Å². The van der Waals surface area contributed by atoms with E-state index in [0.717, 1.165) is 21.7 Å². The molecule has 0 bridgehead atoms. The summed E-state index contributed by atoms with van der Waals surface area (Å²) in [5.74, 6) is -1.98. The Hall–Kier alpha value is -0.355. The molecule has 0 aromatic rings. The molecule has 0 aromatic heterocycles. The second kappa shape index (κ2) is 3.66. The lowest BCUT2D eigenvalue weighted by Gasteiger charge is -2.33. The molecule has 0 aromatic carbocycles. The maximum atomic E-state index is 12.2. The first-order valence-corrected chi connectivity index (χ1v) is 4.00. The minimum Gasteiger partial charge on any atom is -0.171 e. The van der Waals surface area contributed by atoms with Crippen LogP contribution in [0, 0.1) is 5.92 Å². The molecule has 2 atom stereocenters. The molecule has 2 unspecified atom stereocenters. The van der Waals surface area contributed by atoms with Crippen LogP contribution < -0.4 is 0 Å². The lowest BCUT2D eigenvalue weighted by Crippen LogP contribution is -2.34. The standard InChI is InChI=1S/C7H11BF6/c1-4(7(12,13)14)5(2,8)3-6(9,10)11/h4H,3,8H2,1-2H3. The van der Waals surface area contributed by atoms with Gasteiger partial charge in [0.2, 0.25) is 0 Å². The maximum absolute atomic E-state index is 12.2. The van der Waals surface area contributed by atoms with Crippen LogP contribution in [-0.4, -0.2) is 20.2 Å². The van der Waals surface area contributed by atoms with Crippen LogP contribution in [0.3, 0.4) is 0 Å². The molecular weight excluding hydrogens is 209 g/mol. The molecule has 0 N–H and O–H groups in total. The Bertz CT molecular complexity index is 191. The topological polar surface area (TPSA) is 0 Å². The molecule has 7 heteroatoms. The molecule has 0 radical (unpaired) electrons. The van der Waals surface area contributed by atoms with Crippen molar-refractivity contribution >= 4 is 7.85 Å². The number of halogens is 6. The van der Waals surface area contributed by atoms with Gasteiger partial charge in [-0.2, -0.15) is 26.3 Å². The Morgan fingerprint density at radius 1 is 1.07 bits per heavy atom. The van der Waals surface area contributed by atoms with Crippen LogP contribution >= 0.6 is 0 Å². The second-order valence-corrected chi connectivity index (χ2v) is 4.04. The van der Waals surface area contributed by atoms with Crippen LogP contribution in [0.25, 0.3) is 0 Å².